The maximum Gasteiger partial charge on any atom is 0.243 e. The minimum absolute atomic E-state index is 0.0379. The first-order chi connectivity index (χ1) is 17.0. The SMILES string of the molecule is CC(C)(CC(N[S@+]([O-])C(C)(C)C)c1nc2ccc(C(N)C3CC3)cc2n1COCC[Si](C)(C)C)C(F)F. The highest BCUT2D eigenvalue weighted by molar-refractivity contribution is 7.90. The smallest absolute Gasteiger partial charge is 0.243 e. The summed E-state index contributed by atoms with van der Waals surface area (Å²) in [6, 6.07) is 6.34. The van der Waals surface area contributed by atoms with Crippen LogP contribution in [0.5, 0.6) is 0 Å². The molecule has 3 N–H and O–H groups in total. The van der Waals surface area contributed by atoms with Crippen LogP contribution in [0.15, 0.2) is 18.2 Å². The molecule has 210 valence electrons. The third-order valence-corrected chi connectivity index (χ3v) is 10.3. The molecule has 1 aliphatic rings. The first kappa shape index (κ1) is 30.5. The number of hydrogen-bond acceptors (Lipinski definition) is 5. The van der Waals surface area contributed by atoms with Crippen molar-refractivity contribution in [3.8, 4) is 0 Å². The molecule has 0 bridgehead atoms. The summed E-state index contributed by atoms with van der Waals surface area (Å²) < 4.78 is 51.8. The van der Waals surface area contributed by atoms with E-state index in [0.717, 1.165) is 35.5 Å². The van der Waals surface area contributed by atoms with Crippen molar-refractivity contribution in [1.29, 1.82) is 0 Å². The monoisotopic (exact) mass is 556 g/mol. The Morgan fingerprint density at radius 3 is 2.41 bits per heavy atom. The second-order valence-electron chi connectivity index (χ2n) is 13.4. The Hall–Kier alpha value is -1.04. The molecule has 1 aromatic heterocycles. The van der Waals surface area contributed by atoms with Crippen LogP contribution in [0.4, 0.5) is 8.78 Å². The minimum atomic E-state index is -2.53. The zero-order valence-electron chi connectivity index (χ0n) is 23.7. The predicted molar refractivity (Wildman–Crippen MR) is 152 cm³/mol. The van der Waals surface area contributed by atoms with Crippen LogP contribution in [0, 0.1) is 11.3 Å². The summed E-state index contributed by atoms with van der Waals surface area (Å²) >= 11 is -1.48. The summed E-state index contributed by atoms with van der Waals surface area (Å²) in [5.41, 5.74) is 7.86. The van der Waals surface area contributed by atoms with Gasteiger partial charge in [0.05, 0.1) is 11.0 Å². The lowest BCUT2D eigenvalue weighted by Crippen LogP contribution is -2.43. The van der Waals surface area contributed by atoms with Crippen molar-refractivity contribution in [3.05, 3.63) is 29.6 Å². The van der Waals surface area contributed by atoms with Gasteiger partial charge in [-0.15, -0.1) is 4.72 Å². The van der Waals surface area contributed by atoms with E-state index in [9.17, 15) is 13.3 Å². The largest absolute Gasteiger partial charge is 0.598 e. The number of aromatic nitrogens is 2. The van der Waals surface area contributed by atoms with Crippen molar-refractivity contribution < 1.29 is 18.1 Å². The average molecular weight is 557 g/mol. The van der Waals surface area contributed by atoms with Gasteiger partial charge in [0.25, 0.3) is 0 Å². The molecule has 0 aliphatic heterocycles. The van der Waals surface area contributed by atoms with E-state index < -0.39 is 42.1 Å². The molecule has 2 aromatic rings. The second-order valence-corrected chi connectivity index (χ2v) is 21.0. The van der Waals surface area contributed by atoms with Crippen molar-refractivity contribution in [1.82, 2.24) is 14.3 Å². The fourth-order valence-corrected chi connectivity index (χ4v) is 5.69. The highest BCUT2D eigenvalue weighted by Crippen LogP contribution is 2.41. The molecular formula is C27H46F2N4O2SSi. The predicted octanol–water partition coefficient (Wildman–Crippen LogP) is 6.53. The van der Waals surface area contributed by atoms with Crippen molar-refractivity contribution in [2.24, 2.45) is 17.1 Å². The van der Waals surface area contributed by atoms with Gasteiger partial charge in [-0.05, 0) is 69.7 Å². The van der Waals surface area contributed by atoms with Gasteiger partial charge < -0.3 is 19.6 Å². The summed E-state index contributed by atoms with van der Waals surface area (Å²) in [7, 11) is -1.29. The van der Waals surface area contributed by atoms with Crippen molar-refractivity contribution >= 4 is 30.5 Å². The van der Waals surface area contributed by atoms with Crippen LogP contribution in [0.3, 0.4) is 0 Å². The van der Waals surface area contributed by atoms with Crippen LogP contribution in [0.2, 0.25) is 25.7 Å². The minimum Gasteiger partial charge on any atom is -0.598 e. The highest BCUT2D eigenvalue weighted by atomic mass is 32.2. The molecule has 10 heteroatoms. The number of imidazole rings is 1. The number of nitrogens with zero attached hydrogens (tertiary/aromatic N) is 2. The molecule has 0 radical (unpaired) electrons. The van der Waals surface area contributed by atoms with Crippen LogP contribution in [0.25, 0.3) is 11.0 Å². The van der Waals surface area contributed by atoms with Crippen LogP contribution >= 0.6 is 0 Å². The highest BCUT2D eigenvalue weighted by Gasteiger charge is 2.39. The Labute approximate surface area is 225 Å². The van der Waals surface area contributed by atoms with Gasteiger partial charge in [0.2, 0.25) is 6.43 Å². The molecule has 1 saturated carbocycles. The zero-order chi connectivity index (χ0) is 27.8. The number of ether oxygens (including phenoxy) is 1. The van der Waals surface area contributed by atoms with E-state index in [1.165, 1.54) is 13.8 Å². The Bertz CT molecular complexity index is 1050. The fourth-order valence-electron chi connectivity index (χ4n) is 4.14. The van der Waals surface area contributed by atoms with Gasteiger partial charge in [-0.2, -0.15) is 0 Å². The third-order valence-electron chi connectivity index (χ3n) is 6.97. The first-order valence-electron chi connectivity index (χ1n) is 13.3. The number of alkyl halides is 2. The van der Waals surface area contributed by atoms with E-state index in [1.54, 1.807) is 0 Å². The van der Waals surface area contributed by atoms with E-state index in [4.69, 9.17) is 15.5 Å². The Balaban J connectivity index is 2.05. The van der Waals surface area contributed by atoms with E-state index in [1.807, 2.05) is 37.5 Å². The summed E-state index contributed by atoms with van der Waals surface area (Å²) in [4.78, 5) is 4.89. The summed E-state index contributed by atoms with van der Waals surface area (Å²) in [6.45, 7) is 16.4. The summed E-state index contributed by atoms with van der Waals surface area (Å²) in [6.07, 6.45) is -0.193. The Morgan fingerprint density at radius 1 is 1.22 bits per heavy atom. The molecule has 6 nitrogen and oxygen atoms in total. The van der Waals surface area contributed by atoms with E-state index in [0.29, 0.717) is 18.3 Å². The third kappa shape index (κ3) is 8.22. The van der Waals surface area contributed by atoms with Crippen LogP contribution in [-0.2, 0) is 22.8 Å². The molecule has 37 heavy (non-hydrogen) atoms. The van der Waals surface area contributed by atoms with Crippen molar-refractivity contribution in [2.45, 2.75) is 110 Å². The van der Waals surface area contributed by atoms with Crippen molar-refractivity contribution in [3.63, 3.8) is 0 Å². The van der Waals surface area contributed by atoms with Gasteiger partial charge in [-0.1, -0.05) is 39.6 Å². The number of rotatable bonds is 13. The van der Waals surface area contributed by atoms with Gasteiger partial charge in [-0.3, -0.25) is 0 Å². The zero-order valence-corrected chi connectivity index (χ0v) is 25.6. The normalized spacial score (nSPS) is 18.0. The molecule has 1 heterocycles. The number of halogens is 2. The molecule has 3 rings (SSSR count). The first-order valence-corrected chi connectivity index (χ1v) is 18.1. The summed E-state index contributed by atoms with van der Waals surface area (Å²) in [5, 5.41) is 0. The maximum absolute atomic E-state index is 14.0. The second kappa shape index (κ2) is 11.6. The van der Waals surface area contributed by atoms with E-state index in [2.05, 4.69) is 30.4 Å². The van der Waals surface area contributed by atoms with Gasteiger partial charge >= 0.3 is 0 Å². The average Bonchev–Trinajstić information content (AvgIpc) is 3.55. The van der Waals surface area contributed by atoms with Gasteiger partial charge in [0.15, 0.2) is 0 Å². The summed E-state index contributed by atoms with van der Waals surface area (Å²) in [5.74, 6) is 1.06. The number of hydrogen-bond donors (Lipinski definition) is 2. The van der Waals surface area contributed by atoms with Crippen molar-refractivity contribution in [2.75, 3.05) is 6.61 Å². The molecule has 1 aliphatic carbocycles. The van der Waals surface area contributed by atoms with Gasteiger partial charge in [-0.25, -0.2) is 13.8 Å². The molecular weight excluding hydrogens is 510 g/mol. The van der Waals surface area contributed by atoms with E-state index in [-0.39, 0.29) is 19.2 Å². The standard InChI is InChI=1S/C27H46F2N4O2SSi/c1-26(2,3)36(34)32-21(16-27(4,5)25(28)29)24-31-20-12-11-19(23(30)18-9-10-18)15-22(20)33(24)17-35-13-14-37(6,7)8/h11-12,15,18,21,23,25,32H,9-10,13-14,16-17,30H2,1-8H3/t21?,23?,36-/m1/s1. The number of nitrogens with one attached hydrogen (secondary N) is 1. The van der Waals surface area contributed by atoms with Gasteiger partial charge in [0, 0.05) is 37.5 Å². The van der Waals surface area contributed by atoms with Crippen LogP contribution < -0.4 is 10.5 Å². The topological polar surface area (TPSA) is 88.2 Å². The lowest BCUT2D eigenvalue weighted by atomic mass is 9.86. The maximum atomic E-state index is 14.0. The molecule has 1 fully saturated rings. The van der Waals surface area contributed by atoms with E-state index >= 15 is 0 Å². The number of nitrogens with two attached hydrogens (primary N) is 1. The van der Waals surface area contributed by atoms with Crippen LogP contribution in [0.1, 0.15) is 77.4 Å². The Morgan fingerprint density at radius 2 is 1.86 bits per heavy atom. The number of benzene rings is 1. The molecule has 3 atom stereocenters. The molecule has 2 unspecified atom stereocenters. The molecule has 0 saturated heterocycles. The van der Waals surface area contributed by atoms with Gasteiger partial charge in [0.1, 0.15) is 23.3 Å². The fraction of sp³-hybridized carbons (Fsp3) is 0.741. The Kier molecular flexibility index (Phi) is 9.56. The lowest BCUT2D eigenvalue weighted by molar-refractivity contribution is 0.00725. The lowest BCUT2D eigenvalue weighted by Gasteiger charge is -2.32. The molecule has 0 spiro atoms. The molecule has 0 amide bonds. The quantitative estimate of drug-likeness (QED) is 0.166. The molecule has 1 aromatic carbocycles. The number of fused-ring (bicyclic) bond motifs is 1. The van der Waals surface area contributed by atoms with Crippen LogP contribution in [-0.4, -0.2) is 40.0 Å².